The Kier molecular flexibility index (Phi) is 7.75. The van der Waals surface area contributed by atoms with Crippen molar-refractivity contribution in [1.82, 2.24) is 14.7 Å². The molecule has 0 saturated carbocycles. The minimum absolute atomic E-state index is 0.0912. The molecule has 2 unspecified atom stereocenters. The zero-order chi connectivity index (χ0) is 26.0. The predicted octanol–water partition coefficient (Wildman–Crippen LogP) is 3.67. The molecule has 36 heavy (non-hydrogen) atoms. The standard InChI is InChI=1S/C22H16ClIN4O6S2/c23-12-3-1-11(2-4-12)19(29)18(22(31)32)27-20(30)14-6-5-13(24)9-16(14)28-36(33,34)21-15-10-26-35-17(15)7-8-25-21/h1-10,18-19,28-29H,(H,27,30)(H,31,32). The van der Waals surface area contributed by atoms with Crippen molar-refractivity contribution in [1.29, 1.82) is 0 Å². The van der Waals surface area contributed by atoms with Crippen LogP contribution in [-0.2, 0) is 14.8 Å². The van der Waals surface area contributed by atoms with Gasteiger partial charge in [0.05, 0.1) is 27.5 Å². The third-order valence-corrected chi connectivity index (χ3v) is 8.06. The van der Waals surface area contributed by atoms with Gasteiger partial charge in [0.15, 0.2) is 11.1 Å². The van der Waals surface area contributed by atoms with Crippen LogP contribution in [0.4, 0.5) is 5.69 Å². The molecular formula is C22H16ClIN4O6S2. The van der Waals surface area contributed by atoms with Crippen LogP contribution in [-0.4, -0.2) is 45.9 Å². The molecule has 14 heteroatoms. The number of hydrogen-bond acceptors (Lipinski definition) is 8. The van der Waals surface area contributed by atoms with Gasteiger partial charge in [-0.2, -0.15) is 12.8 Å². The van der Waals surface area contributed by atoms with Gasteiger partial charge in [0.2, 0.25) is 0 Å². The quantitative estimate of drug-likeness (QED) is 0.209. The van der Waals surface area contributed by atoms with E-state index >= 15 is 0 Å². The molecule has 0 saturated heterocycles. The number of fused-ring (bicyclic) bond motifs is 1. The van der Waals surface area contributed by atoms with Gasteiger partial charge in [-0.1, -0.05) is 23.7 Å². The Morgan fingerprint density at radius 1 is 1.11 bits per heavy atom. The van der Waals surface area contributed by atoms with Crippen LogP contribution in [0, 0.1) is 3.57 Å². The zero-order valence-corrected chi connectivity index (χ0v) is 22.5. The first-order valence-electron chi connectivity index (χ1n) is 10.1. The van der Waals surface area contributed by atoms with E-state index in [2.05, 4.69) is 19.4 Å². The lowest BCUT2D eigenvalue weighted by Gasteiger charge is -2.22. The molecule has 186 valence electrons. The fraction of sp³-hybridized carbons (Fsp3) is 0.0909. The summed E-state index contributed by atoms with van der Waals surface area (Å²) in [5, 5.41) is 23.0. The number of pyridine rings is 1. The van der Waals surface area contributed by atoms with Gasteiger partial charge in [-0.15, -0.1) is 0 Å². The van der Waals surface area contributed by atoms with Crippen molar-refractivity contribution in [3.63, 3.8) is 0 Å². The van der Waals surface area contributed by atoms with Crippen molar-refractivity contribution in [3.8, 4) is 0 Å². The highest BCUT2D eigenvalue weighted by molar-refractivity contribution is 14.1. The molecule has 10 nitrogen and oxygen atoms in total. The number of sulfonamides is 1. The number of benzene rings is 2. The second-order valence-corrected chi connectivity index (χ2v) is 11.5. The number of hydrogen-bond donors (Lipinski definition) is 4. The fourth-order valence-electron chi connectivity index (χ4n) is 3.32. The van der Waals surface area contributed by atoms with Crippen LogP contribution in [0.2, 0.25) is 5.02 Å². The zero-order valence-electron chi connectivity index (χ0n) is 17.9. The number of halogens is 2. The van der Waals surface area contributed by atoms with E-state index in [0.717, 1.165) is 11.5 Å². The average molecular weight is 659 g/mol. The maximum absolute atomic E-state index is 13.2. The molecule has 4 rings (SSSR count). The first kappa shape index (κ1) is 26.2. The number of aromatic nitrogens is 2. The lowest BCUT2D eigenvalue weighted by molar-refractivity contribution is -0.142. The first-order valence-corrected chi connectivity index (χ1v) is 13.8. The molecule has 0 bridgehead atoms. The summed E-state index contributed by atoms with van der Waals surface area (Å²) < 4.78 is 33.9. The van der Waals surface area contributed by atoms with Crippen molar-refractivity contribution >= 4 is 83.4 Å². The van der Waals surface area contributed by atoms with E-state index in [0.29, 0.717) is 18.7 Å². The summed E-state index contributed by atoms with van der Waals surface area (Å²) in [4.78, 5) is 29.0. The van der Waals surface area contributed by atoms with Crippen molar-refractivity contribution < 1.29 is 28.2 Å². The number of anilines is 1. The molecular weight excluding hydrogens is 643 g/mol. The summed E-state index contributed by atoms with van der Waals surface area (Å²) in [7, 11) is -4.25. The monoisotopic (exact) mass is 658 g/mol. The Bertz CT molecular complexity index is 1560. The SMILES string of the molecule is O=C(NC(C(=O)O)C(O)c1ccc(Cl)cc1)c1ccc(I)cc1NS(=O)(=O)c1nccc2sncc12. The summed E-state index contributed by atoms with van der Waals surface area (Å²) in [5.74, 6) is -2.40. The summed E-state index contributed by atoms with van der Waals surface area (Å²) in [6, 6.07) is 10.1. The van der Waals surface area contributed by atoms with Crippen LogP contribution >= 0.6 is 45.7 Å². The van der Waals surface area contributed by atoms with Crippen LogP contribution < -0.4 is 10.0 Å². The normalized spacial score (nSPS) is 13.2. The van der Waals surface area contributed by atoms with E-state index < -0.39 is 34.0 Å². The van der Waals surface area contributed by atoms with Gasteiger partial charge in [-0.3, -0.25) is 9.52 Å². The molecule has 0 radical (unpaired) electrons. The summed E-state index contributed by atoms with van der Waals surface area (Å²) in [5.41, 5.74) is -0.0187. The molecule has 4 aromatic rings. The van der Waals surface area contributed by atoms with Gasteiger partial charge in [-0.05, 0) is 76.1 Å². The summed E-state index contributed by atoms with van der Waals surface area (Å²) in [6.07, 6.45) is 1.13. The molecule has 2 atom stereocenters. The van der Waals surface area contributed by atoms with Gasteiger partial charge >= 0.3 is 5.97 Å². The highest BCUT2D eigenvalue weighted by atomic mass is 127. The minimum atomic E-state index is -4.25. The van der Waals surface area contributed by atoms with Crippen LogP contribution in [0.25, 0.3) is 10.1 Å². The number of carboxylic acid groups (broad SMARTS) is 1. The number of nitrogens with zero attached hydrogens (tertiary/aromatic N) is 2. The number of amides is 1. The largest absolute Gasteiger partial charge is 0.480 e. The Morgan fingerprint density at radius 3 is 2.53 bits per heavy atom. The lowest BCUT2D eigenvalue weighted by Crippen LogP contribution is -2.45. The third-order valence-electron chi connectivity index (χ3n) is 5.05. The molecule has 2 aromatic carbocycles. The highest BCUT2D eigenvalue weighted by Gasteiger charge is 2.31. The fourth-order valence-corrected chi connectivity index (χ4v) is 5.85. The first-order chi connectivity index (χ1) is 17.1. The second kappa shape index (κ2) is 10.6. The van der Waals surface area contributed by atoms with Crippen molar-refractivity contribution in [2.75, 3.05) is 4.72 Å². The molecule has 0 aliphatic heterocycles. The molecule has 2 aromatic heterocycles. The molecule has 0 aliphatic rings. The number of aliphatic hydroxyl groups is 1. The number of carbonyl (C=O) groups is 2. The maximum Gasteiger partial charge on any atom is 0.329 e. The Hall–Kier alpha value is -2.85. The minimum Gasteiger partial charge on any atom is -0.480 e. The molecule has 0 fully saturated rings. The molecule has 0 aliphatic carbocycles. The summed E-state index contributed by atoms with van der Waals surface area (Å²) >= 11 is 8.90. The van der Waals surface area contributed by atoms with Gasteiger partial charge in [-0.25, -0.2) is 9.78 Å². The van der Waals surface area contributed by atoms with Gasteiger partial charge < -0.3 is 15.5 Å². The topological polar surface area (TPSA) is 159 Å². The van der Waals surface area contributed by atoms with Gasteiger partial charge in [0, 0.05) is 14.8 Å². The Morgan fingerprint density at radius 2 is 1.83 bits per heavy atom. The molecule has 2 heterocycles. The van der Waals surface area contributed by atoms with E-state index in [4.69, 9.17) is 11.6 Å². The maximum atomic E-state index is 13.2. The van der Waals surface area contributed by atoms with Gasteiger partial charge in [0.1, 0.15) is 6.10 Å². The van der Waals surface area contributed by atoms with Crippen molar-refractivity contribution in [2.24, 2.45) is 0 Å². The number of nitrogens with one attached hydrogen (secondary N) is 2. The number of rotatable bonds is 8. The van der Waals surface area contributed by atoms with Crippen LogP contribution in [0.15, 0.2) is 66.0 Å². The van der Waals surface area contributed by atoms with E-state index in [1.54, 1.807) is 12.1 Å². The average Bonchev–Trinajstić information content (AvgIpc) is 3.31. The number of aliphatic carboxylic acids is 1. The van der Waals surface area contributed by atoms with E-state index in [1.807, 2.05) is 22.6 Å². The Balaban J connectivity index is 1.65. The van der Waals surface area contributed by atoms with Crippen LogP contribution in [0.1, 0.15) is 22.0 Å². The van der Waals surface area contributed by atoms with Crippen LogP contribution in [0.3, 0.4) is 0 Å². The molecule has 0 spiro atoms. The second-order valence-electron chi connectivity index (χ2n) is 7.43. The smallest absolute Gasteiger partial charge is 0.329 e. The number of aliphatic hydroxyl groups excluding tert-OH is 1. The Labute approximate surface area is 227 Å². The van der Waals surface area contributed by atoms with E-state index in [-0.39, 0.29) is 21.8 Å². The van der Waals surface area contributed by atoms with Crippen molar-refractivity contribution in [2.45, 2.75) is 17.2 Å². The predicted molar refractivity (Wildman–Crippen MR) is 143 cm³/mol. The van der Waals surface area contributed by atoms with Crippen LogP contribution in [0.5, 0.6) is 0 Å². The molecule has 4 N–H and O–H groups in total. The number of carboxylic acids is 1. The molecule has 1 amide bonds. The van der Waals surface area contributed by atoms with Crippen molar-refractivity contribution in [3.05, 3.63) is 80.6 Å². The van der Waals surface area contributed by atoms with Gasteiger partial charge in [0.25, 0.3) is 15.9 Å². The highest BCUT2D eigenvalue weighted by Crippen LogP contribution is 2.28. The number of carbonyl (C=O) groups excluding carboxylic acids is 1. The third kappa shape index (κ3) is 5.59. The lowest BCUT2D eigenvalue weighted by atomic mass is 10.0. The summed E-state index contributed by atoms with van der Waals surface area (Å²) in [6.45, 7) is 0. The van der Waals surface area contributed by atoms with E-state index in [1.165, 1.54) is 48.8 Å². The van der Waals surface area contributed by atoms with E-state index in [9.17, 15) is 28.2 Å².